The zero-order valence-corrected chi connectivity index (χ0v) is 14.5. The van der Waals surface area contributed by atoms with Crippen molar-refractivity contribution < 1.29 is 4.79 Å². The minimum atomic E-state index is -0.330. The van der Waals surface area contributed by atoms with E-state index in [4.69, 9.17) is 0 Å². The van der Waals surface area contributed by atoms with Crippen LogP contribution in [0.15, 0.2) is 33.9 Å². The summed E-state index contributed by atoms with van der Waals surface area (Å²) in [6, 6.07) is 6.99. The van der Waals surface area contributed by atoms with Crippen LogP contribution in [0.3, 0.4) is 0 Å². The van der Waals surface area contributed by atoms with Crippen LogP contribution < -0.4 is 16.6 Å². The maximum Gasteiger partial charge on any atom is 0.351 e. The molecular formula is C17H21N5O3. The lowest BCUT2D eigenvalue weighted by Gasteiger charge is -2.12. The molecule has 0 fully saturated rings. The molecule has 3 rings (SSSR count). The summed E-state index contributed by atoms with van der Waals surface area (Å²) in [7, 11) is 1.54. The van der Waals surface area contributed by atoms with Crippen molar-refractivity contribution in [3.63, 3.8) is 0 Å². The molecule has 0 spiro atoms. The number of rotatable bonds is 5. The number of fused-ring (bicyclic) bond motifs is 3. The molecule has 0 aliphatic carbocycles. The van der Waals surface area contributed by atoms with Gasteiger partial charge in [-0.25, -0.2) is 13.9 Å². The third-order valence-corrected chi connectivity index (χ3v) is 4.35. The van der Waals surface area contributed by atoms with Crippen molar-refractivity contribution in [2.24, 2.45) is 7.05 Å². The summed E-state index contributed by atoms with van der Waals surface area (Å²) in [5.74, 6) is 0.110. The van der Waals surface area contributed by atoms with Crippen molar-refractivity contribution in [1.82, 2.24) is 24.1 Å². The molecule has 132 valence electrons. The average Bonchev–Trinajstić information content (AvgIpc) is 2.89. The number of amides is 1. The molecule has 0 aliphatic rings. The highest BCUT2D eigenvalue weighted by Gasteiger charge is 2.16. The number of carbonyl (C=O) groups is 1. The highest BCUT2D eigenvalue weighted by atomic mass is 16.2. The molecule has 25 heavy (non-hydrogen) atoms. The predicted molar refractivity (Wildman–Crippen MR) is 94.7 cm³/mol. The number of hydrogen-bond acceptors (Lipinski definition) is 4. The third-order valence-electron chi connectivity index (χ3n) is 4.35. The van der Waals surface area contributed by atoms with E-state index >= 15 is 0 Å². The van der Waals surface area contributed by atoms with E-state index in [1.54, 1.807) is 24.3 Å². The lowest BCUT2D eigenvalue weighted by Crippen LogP contribution is -2.34. The van der Waals surface area contributed by atoms with Gasteiger partial charge in [0.15, 0.2) is 0 Å². The van der Waals surface area contributed by atoms with Gasteiger partial charge in [0.25, 0.3) is 5.56 Å². The van der Waals surface area contributed by atoms with E-state index in [2.05, 4.69) is 10.4 Å². The third kappa shape index (κ3) is 2.95. The molecule has 0 unspecified atom stereocenters. The van der Waals surface area contributed by atoms with Crippen molar-refractivity contribution in [1.29, 1.82) is 0 Å². The fourth-order valence-corrected chi connectivity index (χ4v) is 2.79. The van der Waals surface area contributed by atoms with Gasteiger partial charge in [0, 0.05) is 26.1 Å². The molecule has 1 atom stereocenters. The fraction of sp³-hybridized carbons (Fsp3) is 0.412. The number of aryl methyl sites for hydroxylation is 2. The van der Waals surface area contributed by atoms with Gasteiger partial charge in [0.05, 0.1) is 10.9 Å². The number of aromatic nitrogens is 4. The van der Waals surface area contributed by atoms with E-state index in [9.17, 15) is 14.4 Å². The first-order valence-electron chi connectivity index (χ1n) is 8.30. The van der Waals surface area contributed by atoms with Gasteiger partial charge in [-0.15, -0.1) is 5.10 Å². The second-order valence-electron chi connectivity index (χ2n) is 6.14. The molecule has 3 aromatic rings. The Bertz CT molecular complexity index is 1060. The minimum absolute atomic E-state index is 0.0818. The summed E-state index contributed by atoms with van der Waals surface area (Å²) < 4.78 is 3.99. The second-order valence-corrected chi connectivity index (χ2v) is 6.14. The summed E-state index contributed by atoms with van der Waals surface area (Å²) in [5, 5.41) is 7.47. The van der Waals surface area contributed by atoms with Crippen LogP contribution in [0, 0.1) is 0 Å². The van der Waals surface area contributed by atoms with Crippen LogP contribution in [-0.4, -0.2) is 30.7 Å². The van der Waals surface area contributed by atoms with Crippen molar-refractivity contribution in [2.75, 3.05) is 0 Å². The van der Waals surface area contributed by atoms with Crippen LogP contribution in [0.2, 0.25) is 0 Å². The quantitative estimate of drug-likeness (QED) is 0.736. The first-order valence-corrected chi connectivity index (χ1v) is 8.30. The first kappa shape index (κ1) is 16.9. The zero-order chi connectivity index (χ0) is 18.1. The molecule has 1 aromatic carbocycles. The molecule has 8 nitrogen and oxygen atoms in total. The number of carbonyl (C=O) groups excluding carboxylic acids is 1. The lowest BCUT2D eigenvalue weighted by atomic mass is 10.2. The number of para-hydroxylation sites is 1. The van der Waals surface area contributed by atoms with Gasteiger partial charge in [-0.05, 0) is 25.5 Å². The predicted octanol–water partition coefficient (Wildman–Crippen LogP) is 0.653. The molecular weight excluding hydrogens is 322 g/mol. The SMILES string of the molecule is CC[C@@H](C)NC(=O)CCn1c(=O)c2ccccc2n2c(=O)n(C)nc12. The van der Waals surface area contributed by atoms with Crippen LogP contribution >= 0.6 is 0 Å². The number of nitrogens with one attached hydrogen (secondary N) is 1. The molecule has 8 heteroatoms. The average molecular weight is 343 g/mol. The molecule has 1 amide bonds. The van der Waals surface area contributed by atoms with Gasteiger partial charge in [-0.2, -0.15) is 0 Å². The standard InChI is InChI=1S/C17H21N5O3/c1-4-11(2)18-14(23)9-10-21-15(24)12-7-5-6-8-13(12)22-16(21)19-20(3)17(22)25/h5-8,11H,4,9-10H2,1-3H3,(H,18,23)/t11-/m1/s1. The number of nitrogens with zero attached hydrogens (tertiary/aromatic N) is 4. The van der Waals surface area contributed by atoms with E-state index in [1.165, 1.54) is 20.7 Å². The Morgan fingerprint density at radius 3 is 2.72 bits per heavy atom. The Kier molecular flexibility index (Phi) is 4.43. The summed E-state index contributed by atoms with van der Waals surface area (Å²) in [5.41, 5.74) is -0.0741. The Labute approximate surface area is 143 Å². The highest BCUT2D eigenvalue weighted by Crippen LogP contribution is 2.10. The lowest BCUT2D eigenvalue weighted by molar-refractivity contribution is -0.121. The zero-order valence-electron chi connectivity index (χ0n) is 14.5. The Hall–Kier alpha value is -2.90. The summed E-state index contributed by atoms with van der Waals surface area (Å²) >= 11 is 0. The smallest absolute Gasteiger partial charge is 0.351 e. The van der Waals surface area contributed by atoms with E-state index in [-0.39, 0.29) is 41.9 Å². The second kappa shape index (κ2) is 6.54. The van der Waals surface area contributed by atoms with Gasteiger partial charge in [0.2, 0.25) is 11.7 Å². The summed E-state index contributed by atoms with van der Waals surface area (Å²) in [6.45, 7) is 4.07. The molecule has 0 saturated carbocycles. The van der Waals surface area contributed by atoms with E-state index in [1.807, 2.05) is 13.8 Å². The topological polar surface area (TPSA) is 90.4 Å². The van der Waals surface area contributed by atoms with Crippen molar-refractivity contribution in [2.45, 2.75) is 39.3 Å². The van der Waals surface area contributed by atoms with E-state index < -0.39 is 0 Å². The van der Waals surface area contributed by atoms with Gasteiger partial charge in [-0.1, -0.05) is 19.1 Å². The largest absolute Gasteiger partial charge is 0.354 e. The normalized spacial score (nSPS) is 12.6. The minimum Gasteiger partial charge on any atom is -0.354 e. The Morgan fingerprint density at radius 2 is 2.00 bits per heavy atom. The van der Waals surface area contributed by atoms with Gasteiger partial charge in [-0.3, -0.25) is 14.2 Å². The monoisotopic (exact) mass is 343 g/mol. The van der Waals surface area contributed by atoms with Gasteiger partial charge < -0.3 is 5.32 Å². The molecule has 0 saturated heterocycles. The highest BCUT2D eigenvalue weighted by molar-refractivity contribution is 5.80. The van der Waals surface area contributed by atoms with E-state index in [0.29, 0.717) is 10.9 Å². The van der Waals surface area contributed by atoms with Crippen LogP contribution in [0.5, 0.6) is 0 Å². The Morgan fingerprint density at radius 1 is 1.28 bits per heavy atom. The molecule has 2 heterocycles. The van der Waals surface area contributed by atoms with Crippen LogP contribution in [0.4, 0.5) is 0 Å². The van der Waals surface area contributed by atoms with Gasteiger partial charge >= 0.3 is 5.69 Å². The fourth-order valence-electron chi connectivity index (χ4n) is 2.79. The van der Waals surface area contributed by atoms with Crippen LogP contribution in [-0.2, 0) is 18.4 Å². The summed E-state index contributed by atoms with van der Waals surface area (Å²) in [4.78, 5) is 37.3. The van der Waals surface area contributed by atoms with Crippen molar-refractivity contribution >= 4 is 22.6 Å². The first-order chi connectivity index (χ1) is 11.9. The number of hydrogen-bond donors (Lipinski definition) is 1. The molecule has 0 aliphatic heterocycles. The van der Waals surface area contributed by atoms with Crippen LogP contribution in [0.1, 0.15) is 26.7 Å². The molecule has 1 N–H and O–H groups in total. The number of benzene rings is 1. The summed E-state index contributed by atoms with van der Waals surface area (Å²) in [6.07, 6.45) is 0.977. The van der Waals surface area contributed by atoms with Gasteiger partial charge in [0.1, 0.15) is 0 Å². The van der Waals surface area contributed by atoms with E-state index in [0.717, 1.165) is 6.42 Å². The molecule has 0 radical (unpaired) electrons. The molecule has 0 bridgehead atoms. The van der Waals surface area contributed by atoms with Crippen LogP contribution in [0.25, 0.3) is 16.7 Å². The maximum atomic E-state index is 12.8. The van der Waals surface area contributed by atoms with Crippen molar-refractivity contribution in [3.05, 3.63) is 45.1 Å². The molecule has 2 aromatic heterocycles. The Balaban J connectivity index is 2.09. The van der Waals surface area contributed by atoms with Crippen molar-refractivity contribution in [3.8, 4) is 0 Å². The maximum absolute atomic E-state index is 12.8.